The number of nitrogens with one attached hydrogen (secondary N) is 1. The van der Waals surface area contributed by atoms with Gasteiger partial charge in [0.05, 0.1) is 5.41 Å². The van der Waals surface area contributed by atoms with Crippen LogP contribution in [0.25, 0.3) is 0 Å². The number of piperazine rings is 1. The monoisotopic (exact) mass is 281 g/mol. The molecule has 0 aromatic rings. The second-order valence-electron chi connectivity index (χ2n) is 6.94. The summed E-state index contributed by atoms with van der Waals surface area (Å²) in [6, 6.07) is 0. The lowest BCUT2D eigenvalue weighted by atomic mass is 9.81. The van der Waals surface area contributed by atoms with E-state index in [1.54, 1.807) is 0 Å². The van der Waals surface area contributed by atoms with Crippen molar-refractivity contribution in [3.05, 3.63) is 0 Å². The molecule has 1 N–H and O–H groups in total. The Morgan fingerprint density at radius 1 is 1.25 bits per heavy atom. The van der Waals surface area contributed by atoms with E-state index >= 15 is 0 Å². The molecule has 4 heteroatoms. The van der Waals surface area contributed by atoms with Gasteiger partial charge in [-0.25, -0.2) is 0 Å². The highest BCUT2D eigenvalue weighted by atomic mass is 16.2. The number of carbonyl (C=O) groups excluding carboxylic acids is 1. The molecule has 0 aromatic heterocycles. The Labute approximate surface area is 123 Å². The standard InChI is InChI=1S/C16H31N3O/c1-4-5-16(6-7-17-13-16)15(20)19-10-8-18(9-11-19)12-14(2)3/h14,17H,4-13H2,1-3H3. The van der Waals surface area contributed by atoms with Crippen molar-refractivity contribution in [2.45, 2.75) is 40.0 Å². The highest BCUT2D eigenvalue weighted by Crippen LogP contribution is 2.33. The molecular weight excluding hydrogens is 250 g/mol. The molecule has 2 aliphatic rings. The van der Waals surface area contributed by atoms with Crippen LogP contribution in [-0.2, 0) is 4.79 Å². The van der Waals surface area contributed by atoms with Gasteiger partial charge >= 0.3 is 0 Å². The number of amides is 1. The number of rotatable bonds is 5. The van der Waals surface area contributed by atoms with E-state index in [2.05, 4.69) is 35.9 Å². The van der Waals surface area contributed by atoms with E-state index in [1.165, 1.54) is 0 Å². The van der Waals surface area contributed by atoms with Crippen molar-refractivity contribution < 1.29 is 4.79 Å². The van der Waals surface area contributed by atoms with E-state index in [-0.39, 0.29) is 5.41 Å². The van der Waals surface area contributed by atoms with Crippen molar-refractivity contribution >= 4 is 5.91 Å². The fraction of sp³-hybridized carbons (Fsp3) is 0.938. The topological polar surface area (TPSA) is 35.6 Å². The first-order chi connectivity index (χ1) is 9.57. The van der Waals surface area contributed by atoms with Crippen LogP contribution in [0.2, 0.25) is 0 Å². The summed E-state index contributed by atoms with van der Waals surface area (Å²) in [5.74, 6) is 1.12. The Kier molecular flexibility index (Phi) is 5.44. The van der Waals surface area contributed by atoms with Gasteiger partial charge in [-0.2, -0.15) is 0 Å². The third-order valence-corrected chi connectivity index (χ3v) is 4.71. The Balaban J connectivity index is 1.90. The first kappa shape index (κ1) is 15.8. The van der Waals surface area contributed by atoms with Gasteiger partial charge in [0, 0.05) is 39.3 Å². The van der Waals surface area contributed by atoms with Gasteiger partial charge in [0.1, 0.15) is 0 Å². The van der Waals surface area contributed by atoms with E-state index in [0.717, 1.165) is 65.1 Å². The minimum atomic E-state index is -0.102. The zero-order valence-electron chi connectivity index (χ0n) is 13.5. The Hall–Kier alpha value is -0.610. The zero-order chi connectivity index (χ0) is 14.6. The Morgan fingerprint density at radius 3 is 2.45 bits per heavy atom. The molecule has 2 rings (SSSR count). The third-order valence-electron chi connectivity index (χ3n) is 4.71. The Bertz CT molecular complexity index is 316. The van der Waals surface area contributed by atoms with Gasteiger partial charge in [-0.3, -0.25) is 9.69 Å². The zero-order valence-corrected chi connectivity index (χ0v) is 13.5. The molecule has 0 bridgehead atoms. The summed E-state index contributed by atoms with van der Waals surface area (Å²) < 4.78 is 0. The van der Waals surface area contributed by atoms with E-state index < -0.39 is 0 Å². The average molecular weight is 281 g/mol. The SMILES string of the molecule is CCCC1(C(=O)N2CCN(CC(C)C)CC2)CCNC1. The smallest absolute Gasteiger partial charge is 0.230 e. The van der Waals surface area contributed by atoms with Crippen molar-refractivity contribution in [2.24, 2.45) is 11.3 Å². The predicted molar refractivity (Wildman–Crippen MR) is 82.7 cm³/mol. The van der Waals surface area contributed by atoms with E-state index in [0.29, 0.717) is 11.8 Å². The summed E-state index contributed by atoms with van der Waals surface area (Å²) in [6.45, 7) is 13.7. The van der Waals surface area contributed by atoms with Crippen LogP contribution >= 0.6 is 0 Å². The third kappa shape index (κ3) is 3.53. The largest absolute Gasteiger partial charge is 0.340 e. The second kappa shape index (κ2) is 6.90. The molecule has 0 aliphatic carbocycles. The van der Waals surface area contributed by atoms with Gasteiger partial charge < -0.3 is 10.2 Å². The second-order valence-corrected chi connectivity index (χ2v) is 6.94. The van der Waals surface area contributed by atoms with Gasteiger partial charge in [-0.05, 0) is 25.3 Å². The first-order valence-corrected chi connectivity index (χ1v) is 8.30. The van der Waals surface area contributed by atoms with Crippen molar-refractivity contribution in [1.29, 1.82) is 0 Å². The van der Waals surface area contributed by atoms with E-state index in [9.17, 15) is 4.79 Å². The van der Waals surface area contributed by atoms with E-state index in [4.69, 9.17) is 0 Å². The minimum Gasteiger partial charge on any atom is -0.340 e. The molecule has 4 nitrogen and oxygen atoms in total. The molecule has 2 saturated heterocycles. The molecule has 0 saturated carbocycles. The fourth-order valence-electron chi connectivity index (χ4n) is 3.71. The normalized spacial score (nSPS) is 28.3. The van der Waals surface area contributed by atoms with Gasteiger partial charge in [0.15, 0.2) is 0 Å². The molecule has 0 aromatic carbocycles. The van der Waals surface area contributed by atoms with Gasteiger partial charge in [0.2, 0.25) is 5.91 Å². The maximum absolute atomic E-state index is 12.9. The van der Waals surface area contributed by atoms with Crippen molar-refractivity contribution in [2.75, 3.05) is 45.8 Å². The average Bonchev–Trinajstić information content (AvgIpc) is 2.88. The summed E-state index contributed by atoms with van der Waals surface area (Å²) in [6.07, 6.45) is 3.15. The van der Waals surface area contributed by atoms with Gasteiger partial charge in [-0.15, -0.1) is 0 Å². The van der Waals surface area contributed by atoms with E-state index in [1.807, 2.05) is 0 Å². The van der Waals surface area contributed by atoms with Crippen LogP contribution in [0.3, 0.4) is 0 Å². The fourth-order valence-corrected chi connectivity index (χ4v) is 3.71. The molecule has 1 atom stereocenters. The molecule has 0 radical (unpaired) electrons. The lowest BCUT2D eigenvalue weighted by molar-refractivity contribution is -0.143. The lowest BCUT2D eigenvalue weighted by Gasteiger charge is -2.40. The molecule has 20 heavy (non-hydrogen) atoms. The molecule has 2 aliphatic heterocycles. The van der Waals surface area contributed by atoms with Crippen LogP contribution < -0.4 is 5.32 Å². The molecule has 2 heterocycles. The van der Waals surface area contributed by atoms with Gasteiger partial charge in [0.25, 0.3) is 0 Å². The summed E-state index contributed by atoms with van der Waals surface area (Å²) in [5, 5.41) is 3.39. The van der Waals surface area contributed by atoms with Gasteiger partial charge in [-0.1, -0.05) is 27.2 Å². The molecule has 116 valence electrons. The van der Waals surface area contributed by atoms with Crippen molar-refractivity contribution in [1.82, 2.24) is 15.1 Å². The number of hydrogen-bond acceptors (Lipinski definition) is 3. The highest BCUT2D eigenvalue weighted by molar-refractivity contribution is 5.83. The molecule has 0 spiro atoms. The van der Waals surface area contributed by atoms with Crippen LogP contribution in [0, 0.1) is 11.3 Å². The van der Waals surface area contributed by atoms with Crippen LogP contribution in [-0.4, -0.2) is 61.5 Å². The number of hydrogen-bond donors (Lipinski definition) is 1. The minimum absolute atomic E-state index is 0.102. The molecule has 1 unspecified atom stereocenters. The number of nitrogens with zero attached hydrogens (tertiary/aromatic N) is 2. The first-order valence-electron chi connectivity index (χ1n) is 8.30. The number of carbonyl (C=O) groups is 1. The summed E-state index contributed by atoms with van der Waals surface area (Å²) in [7, 11) is 0. The maximum atomic E-state index is 12.9. The summed E-state index contributed by atoms with van der Waals surface area (Å²) in [4.78, 5) is 17.5. The lowest BCUT2D eigenvalue weighted by Crippen LogP contribution is -2.54. The van der Waals surface area contributed by atoms with Crippen molar-refractivity contribution in [3.8, 4) is 0 Å². The van der Waals surface area contributed by atoms with Crippen molar-refractivity contribution in [3.63, 3.8) is 0 Å². The quantitative estimate of drug-likeness (QED) is 0.831. The van der Waals surface area contributed by atoms with Crippen LogP contribution in [0.15, 0.2) is 0 Å². The molecular formula is C16H31N3O. The predicted octanol–water partition coefficient (Wildman–Crippen LogP) is 1.57. The maximum Gasteiger partial charge on any atom is 0.230 e. The highest BCUT2D eigenvalue weighted by Gasteiger charge is 2.43. The van der Waals surface area contributed by atoms with Crippen LogP contribution in [0.4, 0.5) is 0 Å². The summed E-state index contributed by atoms with van der Waals surface area (Å²) >= 11 is 0. The summed E-state index contributed by atoms with van der Waals surface area (Å²) in [5.41, 5.74) is -0.102. The molecule has 1 amide bonds. The van der Waals surface area contributed by atoms with Crippen LogP contribution in [0.1, 0.15) is 40.0 Å². The van der Waals surface area contributed by atoms with Crippen LogP contribution in [0.5, 0.6) is 0 Å². The molecule has 2 fully saturated rings. The Morgan fingerprint density at radius 2 is 1.95 bits per heavy atom.